The maximum absolute atomic E-state index is 14.1. The molecule has 1 aromatic carbocycles. The molecule has 0 fully saturated rings. The fourth-order valence-corrected chi connectivity index (χ4v) is 2.45. The van der Waals surface area contributed by atoms with Crippen LogP contribution in [0.1, 0.15) is 18.3 Å². The number of aliphatic hydroxyl groups is 2. The molecular formula is C14H12F7N3O2. The zero-order valence-corrected chi connectivity index (χ0v) is 13.0. The van der Waals surface area contributed by atoms with Crippen molar-refractivity contribution >= 4 is 0 Å². The average Bonchev–Trinajstić information content (AvgIpc) is 2.98. The van der Waals surface area contributed by atoms with E-state index in [1.165, 1.54) is 0 Å². The molecule has 0 aliphatic rings. The Morgan fingerprint density at radius 2 is 1.69 bits per heavy atom. The second-order valence-electron chi connectivity index (χ2n) is 5.74. The first kappa shape index (κ1) is 20.1. The van der Waals surface area contributed by atoms with Crippen molar-refractivity contribution in [1.29, 1.82) is 0 Å². The van der Waals surface area contributed by atoms with Crippen LogP contribution in [0.5, 0.6) is 0 Å². The monoisotopic (exact) mass is 387 g/mol. The Labute approximate surface area is 141 Å². The van der Waals surface area contributed by atoms with E-state index in [4.69, 9.17) is 0 Å². The normalized spacial score (nSPS) is 17.6. The number of hydrogen-bond acceptors (Lipinski definition) is 4. The summed E-state index contributed by atoms with van der Waals surface area (Å²) >= 11 is 0. The Kier molecular flexibility index (Phi) is 4.79. The third kappa shape index (κ3) is 3.03. The summed E-state index contributed by atoms with van der Waals surface area (Å²) in [5.41, 5.74) is -8.99. The minimum Gasteiger partial charge on any atom is -0.381 e. The number of aromatic amines is 1. The van der Waals surface area contributed by atoms with Crippen LogP contribution in [0, 0.1) is 11.6 Å². The Bertz CT molecular complexity index is 777. The number of nitrogens with one attached hydrogen (secondary N) is 1. The first-order chi connectivity index (χ1) is 11.7. The smallest absolute Gasteiger partial charge is 0.381 e. The third-order valence-electron chi connectivity index (χ3n) is 4.04. The van der Waals surface area contributed by atoms with Gasteiger partial charge in [-0.1, -0.05) is 6.07 Å². The second kappa shape index (κ2) is 6.20. The van der Waals surface area contributed by atoms with Gasteiger partial charge >= 0.3 is 12.1 Å². The lowest BCUT2D eigenvalue weighted by molar-refractivity contribution is -0.370. The highest BCUT2D eigenvalue weighted by Gasteiger charge is 2.74. The summed E-state index contributed by atoms with van der Waals surface area (Å²) in [4.78, 5) is 3.47. The summed E-state index contributed by atoms with van der Waals surface area (Å²) in [7, 11) is 0. The van der Waals surface area contributed by atoms with Crippen molar-refractivity contribution in [3.8, 4) is 0 Å². The molecule has 0 bridgehead atoms. The number of rotatable bonds is 5. The molecule has 12 heteroatoms. The molecule has 144 valence electrons. The fourth-order valence-electron chi connectivity index (χ4n) is 2.45. The van der Waals surface area contributed by atoms with Gasteiger partial charge in [0.2, 0.25) is 0 Å². The van der Waals surface area contributed by atoms with Gasteiger partial charge in [0.1, 0.15) is 29.4 Å². The Morgan fingerprint density at radius 1 is 1.08 bits per heavy atom. The van der Waals surface area contributed by atoms with Gasteiger partial charge in [-0.25, -0.2) is 13.8 Å². The summed E-state index contributed by atoms with van der Waals surface area (Å²) in [5.74, 6) is -9.09. The molecule has 0 saturated carbocycles. The molecule has 5 nitrogen and oxygen atoms in total. The van der Waals surface area contributed by atoms with Crippen molar-refractivity contribution in [3.05, 3.63) is 47.5 Å². The maximum Gasteiger partial charge on any atom is 0.456 e. The van der Waals surface area contributed by atoms with Gasteiger partial charge in [-0.05, 0) is 13.0 Å². The first-order valence-electron chi connectivity index (χ1n) is 6.93. The van der Waals surface area contributed by atoms with Crippen LogP contribution in [-0.2, 0) is 12.0 Å². The number of halogens is 7. The van der Waals surface area contributed by atoms with E-state index in [9.17, 15) is 40.9 Å². The lowest BCUT2D eigenvalue weighted by Crippen LogP contribution is -2.67. The molecule has 26 heavy (non-hydrogen) atoms. The molecule has 0 amide bonds. The summed E-state index contributed by atoms with van der Waals surface area (Å²) in [6.45, 7) is -0.000342. The molecule has 2 aromatic rings. The summed E-state index contributed by atoms with van der Waals surface area (Å²) in [6, 6.07) is 1.16. The summed E-state index contributed by atoms with van der Waals surface area (Å²) in [6.07, 6.45) is -6.62. The lowest BCUT2D eigenvalue weighted by atomic mass is 9.72. The van der Waals surface area contributed by atoms with Gasteiger partial charge in [-0.15, -0.1) is 0 Å². The minimum atomic E-state index is -6.28. The van der Waals surface area contributed by atoms with E-state index in [0.29, 0.717) is 12.1 Å². The van der Waals surface area contributed by atoms with E-state index < -0.39 is 52.7 Å². The standard InChI is InChI=1S/C14H12F7N3O2/c1-11(25,13(17,18)14(19,20)21)12(26,5-10-22-6-23-24-10)8-3-2-7(15)4-9(8)16/h2-4,6,25-26H,5H2,1H3,(H,22,23,24). The molecule has 0 aliphatic carbocycles. The van der Waals surface area contributed by atoms with Crippen LogP contribution in [0.3, 0.4) is 0 Å². The highest BCUT2D eigenvalue weighted by Crippen LogP contribution is 2.52. The number of nitrogens with zero attached hydrogens (tertiary/aromatic N) is 2. The topological polar surface area (TPSA) is 82.0 Å². The number of aromatic nitrogens is 3. The first-order valence-corrected chi connectivity index (χ1v) is 6.93. The van der Waals surface area contributed by atoms with Crippen LogP contribution in [0.15, 0.2) is 24.5 Å². The van der Waals surface area contributed by atoms with Gasteiger partial charge in [0.25, 0.3) is 0 Å². The van der Waals surface area contributed by atoms with Gasteiger partial charge in [0, 0.05) is 18.1 Å². The Hall–Kier alpha value is -2.21. The number of H-pyrrole nitrogens is 1. The molecule has 1 aromatic heterocycles. The van der Waals surface area contributed by atoms with Gasteiger partial charge in [-0.2, -0.15) is 27.1 Å². The number of hydrogen-bond donors (Lipinski definition) is 3. The molecule has 3 N–H and O–H groups in total. The summed E-state index contributed by atoms with van der Waals surface area (Å²) in [5, 5.41) is 26.2. The SMILES string of the molecule is CC(O)(C(O)(Cc1ncn[nH]1)c1ccc(F)cc1F)C(F)(F)C(F)(F)F. The quantitative estimate of drug-likeness (QED) is 0.689. The molecule has 2 rings (SSSR count). The largest absolute Gasteiger partial charge is 0.456 e. The molecule has 2 unspecified atom stereocenters. The molecule has 0 saturated heterocycles. The molecule has 0 spiro atoms. The van der Waals surface area contributed by atoms with E-state index >= 15 is 0 Å². The molecule has 0 aliphatic heterocycles. The molecule has 1 heterocycles. The lowest BCUT2D eigenvalue weighted by Gasteiger charge is -2.45. The molecular weight excluding hydrogens is 375 g/mol. The van der Waals surface area contributed by atoms with E-state index in [-0.39, 0.29) is 13.0 Å². The Balaban J connectivity index is 2.71. The molecule has 0 radical (unpaired) electrons. The fraction of sp³-hybridized carbons (Fsp3) is 0.429. The van der Waals surface area contributed by atoms with Crippen molar-refractivity contribution in [3.63, 3.8) is 0 Å². The average molecular weight is 387 g/mol. The van der Waals surface area contributed by atoms with Crippen LogP contribution in [-0.4, -0.2) is 43.1 Å². The van der Waals surface area contributed by atoms with Crippen LogP contribution >= 0.6 is 0 Å². The van der Waals surface area contributed by atoms with Crippen LogP contribution in [0.4, 0.5) is 30.7 Å². The summed E-state index contributed by atoms with van der Waals surface area (Å²) < 4.78 is 93.5. The van der Waals surface area contributed by atoms with E-state index in [1.54, 1.807) is 0 Å². The van der Waals surface area contributed by atoms with Crippen molar-refractivity contribution in [2.75, 3.05) is 0 Å². The Morgan fingerprint density at radius 3 is 2.15 bits per heavy atom. The third-order valence-corrected chi connectivity index (χ3v) is 4.04. The predicted octanol–water partition coefficient (Wildman–Crippen LogP) is 2.46. The minimum absolute atomic E-state index is 0.000342. The van der Waals surface area contributed by atoms with Gasteiger partial charge in [0.05, 0.1) is 0 Å². The zero-order valence-electron chi connectivity index (χ0n) is 13.0. The zero-order chi connectivity index (χ0) is 20.0. The maximum atomic E-state index is 14.1. The van der Waals surface area contributed by atoms with Crippen molar-refractivity contribution in [2.45, 2.75) is 36.6 Å². The van der Waals surface area contributed by atoms with Gasteiger partial charge in [-0.3, -0.25) is 5.10 Å². The number of benzene rings is 1. The van der Waals surface area contributed by atoms with E-state index in [2.05, 4.69) is 15.2 Å². The van der Waals surface area contributed by atoms with Crippen molar-refractivity contribution in [2.24, 2.45) is 0 Å². The van der Waals surface area contributed by atoms with Gasteiger partial charge < -0.3 is 10.2 Å². The van der Waals surface area contributed by atoms with Crippen molar-refractivity contribution in [1.82, 2.24) is 15.2 Å². The second-order valence-corrected chi connectivity index (χ2v) is 5.74. The van der Waals surface area contributed by atoms with Crippen LogP contribution in [0.2, 0.25) is 0 Å². The van der Waals surface area contributed by atoms with Crippen LogP contribution in [0.25, 0.3) is 0 Å². The highest BCUT2D eigenvalue weighted by atomic mass is 19.4. The highest BCUT2D eigenvalue weighted by molar-refractivity contribution is 5.31. The van der Waals surface area contributed by atoms with Gasteiger partial charge in [0.15, 0.2) is 5.60 Å². The van der Waals surface area contributed by atoms with E-state index in [1.807, 2.05) is 0 Å². The van der Waals surface area contributed by atoms with Crippen molar-refractivity contribution < 1.29 is 40.9 Å². The molecule has 2 atom stereocenters. The number of alkyl halides is 5. The van der Waals surface area contributed by atoms with E-state index in [0.717, 1.165) is 6.33 Å². The van der Waals surface area contributed by atoms with Crippen LogP contribution < -0.4 is 0 Å². The predicted molar refractivity (Wildman–Crippen MR) is 72.0 cm³/mol.